The molecule has 4 N–H and O–H groups in total. The number of benzene rings is 1. The van der Waals surface area contributed by atoms with E-state index in [2.05, 4.69) is 5.32 Å². The number of rotatable bonds is 6. The first kappa shape index (κ1) is 15.1. The topological polar surface area (TPSA) is 92.4 Å². The summed E-state index contributed by atoms with van der Waals surface area (Å²) in [4.78, 5) is 0.238. The molecule has 5 nitrogen and oxygen atoms in total. The molecule has 102 valence electrons. The summed E-state index contributed by atoms with van der Waals surface area (Å²) in [5.74, 6) is 0. The molecule has 0 radical (unpaired) electrons. The van der Waals surface area contributed by atoms with Crippen molar-refractivity contribution in [3.8, 4) is 0 Å². The van der Waals surface area contributed by atoms with Crippen molar-refractivity contribution in [3.05, 3.63) is 29.8 Å². The molecule has 6 heteroatoms. The summed E-state index contributed by atoms with van der Waals surface area (Å²) in [5, 5.41) is 13.0. The van der Waals surface area contributed by atoms with Gasteiger partial charge in [0.1, 0.15) is 0 Å². The van der Waals surface area contributed by atoms with E-state index in [1.807, 2.05) is 7.05 Å². The van der Waals surface area contributed by atoms with Crippen LogP contribution in [0, 0.1) is 0 Å². The first-order valence-electron chi connectivity index (χ1n) is 5.74. The second kappa shape index (κ2) is 6.29. The van der Waals surface area contributed by atoms with Gasteiger partial charge in [0.2, 0.25) is 0 Å². The molecule has 0 fully saturated rings. The third kappa shape index (κ3) is 4.06. The molecule has 0 aliphatic rings. The fourth-order valence-electron chi connectivity index (χ4n) is 1.63. The minimum Gasteiger partial charge on any atom is -0.387 e. The van der Waals surface area contributed by atoms with Crippen LogP contribution in [0.5, 0.6) is 0 Å². The van der Waals surface area contributed by atoms with E-state index in [4.69, 9.17) is 5.73 Å². The summed E-state index contributed by atoms with van der Waals surface area (Å²) < 4.78 is 22.6. The first-order valence-corrected chi connectivity index (χ1v) is 7.63. The van der Waals surface area contributed by atoms with Crippen LogP contribution in [0.15, 0.2) is 29.2 Å². The lowest BCUT2D eigenvalue weighted by Gasteiger charge is -2.19. The van der Waals surface area contributed by atoms with E-state index >= 15 is 0 Å². The molecule has 1 rings (SSSR count). The van der Waals surface area contributed by atoms with E-state index < -0.39 is 15.9 Å². The standard InChI is InChI=1S/C12H20N2O3S/c1-14-8-7-11(13)12(15)9-3-5-10(6-4-9)18(2,16)17/h3-6,11-12,14-15H,7-8,13H2,1-2H3. The molecule has 0 bridgehead atoms. The van der Waals surface area contributed by atoms with Crippen LogP contribution in [0.1, 0.15) is 18.1 Å². The van der Waals surface area contributed by atoms with Gasteiger partial charge in [-0.15, -0.1) is 0 Å². The highest BCUT2D eigenvalue weighted by molar-refractivity contribution is 7.90. The van der Waals surface area contributed by atoms with Crippen molar-refractivity contribution in [1.82, 2.24) is 5.32 Å². The van der Waals surface area contributed by atoms with Crippen molar-refractivity contribution < 1.29 is 13.5 Å². The summed E-state index contributed by atoms with van der Waals surface area (Å²) >= 11 is 0. The maximum absolute atomic E-state index is 11.3. The van der Waals surface area contributed by atoms with Gasteiger partial charge in [0.05, 0.1) is 11.0 Å². The van der Waals surface area contributed by atoms with Gasteiger partial charge < -0.3 is 16.2 Å². The molecule has 18 heavy (non-hydrogen) atoms. The van der Waals surface area contributed by atoms with Crippen molar-refractivity contribution in [2.45, 2.75) is 23.5 Å². The van der Waals surface area contributed by atoms with E-state index in [0.717, 1.165) is 12.8 Å². The Hall–Kier alpha value is -0.950. The number of hydrogen-bond donors (Lipinski definition) is 3. The lowest BCUT2D eigenvalue weighted by Crippen LogP contribution is -2.31. The van der Waals surface area contributed by atoms with Crippen LogP contribution in [0.25, 0.3) is 0 Å². The number of nitrogens with two attached hydrogens (primary N) is 1. The van der Waals surface area contributed by atoms with E-state index in [9.17, 15) is 13.5 Å². The Kier molecular flexibility index (Phi) is 5.28. The maximum atomic E-state index is 11.3. The van der Waals surface area contributed by atoms with Crippen LogP contribution in [0.3, 0.4) is 0 Å². The molecule has 0 amide bonds. The Morgan fingerprint density at radius 1 is 1.33 bits per heavy atom. The van der Waals surface area contributed by atoms with E-state index in [1.165, 1.54) is 12.1 Å². The zero-order valence-electron chi connectivity index (χ0n) is 10.6. The van der Waals surface area contributed by atoms with Crippen LogP contribution in [-0.4, -0.2) is 39.4 Å². The second-order valence-corrected chi connectivity index (χ2v) is 6.36. The van der Waals surface area contributed by atoms with Crippen molar-refractivity contribution in [2.24, 2.45) is 5.73 Å². The monoisotopic (exact) mass is 272 g/mol. The van der Waals surface area contributed by atoms with Gasteiger partial charge in [0.15, 0.2) is 9.84 Å². The number of nitrogens with one attached hydrogen (secondary N) is 1. The van der Waals surface area contributed by atoms with E-state index in [1.54, 1.807) is 12.1 Å². The normalized spacial score (nSPS) is 15.3. The molecule has 0 aromatic heterocycles. The third-order valence-corrected chi connectivity index (χ3v) is 3.91. The van der Waals surface area contributed by atoms with Crippen molar-refractivity contribution >= 4 is 9.84 Å². The van der Waals surface area contributed by atoms with Crippen molar-refractivity contribution in [1.29, 1.82) is 0 Å². The van der Waals surface area contributed by atoms with E-state index in [-0.39, 0.29) is 10.9 Å². The molecular weight excluding hydrogens is 252 g/mol. The van der Waals surface area contributed by atoms with Gasteiger partial charge in [-0.3, -0.25) is 0 Å². The van der Waals surface area contributed by atoms with Gasteiger partial charge >= 0.3 is 0 Å². The summed E-state index contributed by atoms with van der Waals surface area (Å²) in [5.41, 5.74) is 6.48. The molecule has 2 unspecified atom stereocenters. The van der Waals surface area contributed by atoms with E-state index in [0.29, 0.717) is 12.0 Å². The highest BCUT2D eigenvalue weighted by Crippen LogP contribution is 2.19. The van der Waals surface area contributed by atoms with Gasteiger partial charge in [-0.05, 0) is 37.7 Å². The van der Waals surface area contributed by atoms with Gasteiger partial charge in [0, 0.05) is 12.3 Å². The first-order chi connectivity index (χ1) is 8.36. The third-order valence-electron chi connectivity index (χ3n) is 2.78. The van der Waals surface area contributed by atoms with Crippen LogP contribution >= 0.6 is 0 Å². The largest absolute Gasteiger partial charge is 0.387 e. The molecule has 1 aromatic carbocycles. The Labute approximate surface area is 108 Å². The smallest absolute Gasteiger partial charge is 0.175 e. The quantitative estimate of drug-likeness (QED) is 0.681. The zero-order chi connectivity index (χ0) is 13.8. The number of sulfone groups is 1. The molecule has 2 atom stereocenters. The van der Waals surface area contributed by atoms with Crippen LogP contribution in [0.4, 0.5) is 0 Å². The predicted octanol–water partition coefficient (Wildman–Crippen LogP) is 0.0603. The highest BCUT2D eigenvalue weighted by atomic mass is 32.2. The lowest BCUT2D eigenvalue weighted by molar-refractivity contribution is 0.142. The summed E-state index contributed by atoms with van der Waals surface area (Å²) in [6, 6.07) is 5.79. The lowest BCUT2D eigenvalue weighted by atomic mass is 10.0. The van der Waals surface area contributed by atoms with Crippen molar-refractivity contribution in [3.63, 3.8) is 0 Å². The van der Waals surface area contributed by atoms with Gasteiger partial charge in [-0.2, -0.15) is 0 Å². The fourth-order valence-corrected chi connectivity index (χ4v) is 2.26. The average Bonchev–Trinajstić information content (AvgIpc) is 2.34. The molecular formula is C12H20N2O3S. The number of aliphatic hydroxyl groups is 1. The Bertz CT molecular complexity index is 471. The SMILES string of the molecule is CNCCC(N)C(O)c1ccc(S(C)(=O)=O)cc1. The predicted molar refractivity (Wildman–Crippen MR) is 71.0 cm³/mol. The zero-order valence-corrected chi connectivity index (χ0v) is 11.4. The minimum atomic E-state index is -3.20. The number of aliphatic hydroxyl groups excluding tert-OH is 1. The molecule has 0 aliphatic heterocycles. The molecule has 1 aromatic rings. The summed E-state index contributed by atoms with van der Waals surface area (Å²) in [6.07, 6.45) is 1.01. The molecule has 0 heterocycles. The Balaban J connectivity index is 2.79. The summed E-state index contributed by atoms with van der Waals surface area (Å²) in [6.45, 7) is 0.722. The van der Waals surface area contributed by atoms with Crippen LogP contribution in [-0.2, 0) is 9.84 Å². The Morgan fingerprint density at radius 3 is 2.33 bits per heavy atom. The second-order valence-electron chi connectivity index (χ2n) is 4.34. The molecule has 0 spiro atoms. The van der Waals surface area contributed by atoms with Gasteiger partial charge in [-0.25, -0.2) is 8.42 Å². The number of hydrogen-bond acceptors (Lipinski definition) is 5. The molecule has 0 aliphatic carbocycles. The summed E-state index contributed by atoms with van der Waals surface area (Å²) in [7, 11) is -1.38. The molecule has 0 saturated heterocycles. The van der Waals surface area contributed by atoms with Gasteiger partial charge in [0.25, 0.3) is 0 Å². The fraction of sp³-hybridized carbons (Fsp3) is 0.500. The van der Waals surface area contributed by atoms with Crippen LogP contribution < -0.4 is 11.1 Å². The average molecular weight is 272 g/mol. The van der Waals surface area contributed by atoms with Crippen LogP contribution in [0.2, 0.25) is 0 Å². The van der Waals surface area contributed by atoms with Gasteiger partial charge in [-0.1, -0.05) is 12.1 Å². The molecule has 0 saturated carbocycles. The maximum Gasteiger partial charge on any atom is 0.175 e. The van der Waals surface area contributed by atoms with Crippen molar-refractivity contribution in [2.75, 3.05) is 19.8 Å². The Morgan fingerprint density at radius 2 is 1.89 bits per heavy atom. The highest BCUT2D eigenvalue weighted by Gasteiger charge is 2.17. The minimum absolute atomic E-state index is 0.238.